The van der Waals surface area contributed by atoms with Crippen molar-refractivity contribution in [3.63, 3.8) is 0 Å². The molecule has 0 aliphatic carbocycles. The lowest BCUT2D eigenvalue weighted by molar-refractivity contribution is 0.327. The molecular weight excluding hydrogens is 318 g/mol. The summed E-state index contributed by atoms with van der Waals surface area (Å²) in [5.74, 6) is 2.37. The van der Waals surface area contributed by atoms with Gasteiger partial charge in [-0.05, 0) is 18.1 Å². The number of rotatable bonds is 7. The predicted molar refractivity (Wildman–Crippen MR) is 97.8 cm³/mol. The summed E-state index contributed by atoms with van der Waals surface area (Å²) >= 11 is 0. The summed E-state index contributed by atoms with van der Waals surface area (Å²) < 4.78 is 16.3. The molecule has 0 aliphatic rings. The SMILES string of the molecule is COc1cc2c(NCCc3ccccc3)ncnc2c(OC)c1OC. The fourth-order valence-electron chi connectivity index (χ4n) is 2.77. The Labute approximate surface area is 146 Å². The van der Waals surface area contributed by atoms with Gasteiger partial charge in [0.05, 0.1) is 26.7 Å². The molecule has 0 unspecified atom stereocenters. The molecule has 1 aromatic heterocycles. The largest absolute Gasteiger partial charge is 0.493 e. The van der Waals surface area contributed by atoms with Crippen molar-refractivity contribution >= 4 is 16.7 Å². The average molecular weight is 339 g/mol. The monoisotopic (exact) mass is 339 g/mol. The Kier molecular flexibility index (Phi) is 5.18. The molecule has 1 heterocycles. The molecule has 0 amide bonds. The number of ether oxygens (including phenoxy) is 3. The first kappa shape index (κ1) is 16.8. The highest BCUT2D eigenvalue weighted by Crippen LogP contribution is 2.43. The van der Waals surface area contributed by atoms with Crippen LogP contribution in [0.5, 0.6) is 17.2 Å². The number of fused-ring (bicyclic) bond motifs is 1. The highest BCUT2D eigenvalue weighted by molar-refractivity contribution is 5.96. The molecule has 0 bridgehead atoms. The number of anilines is 1. The van der Waals surface area contributed by atoms with Gasteiger partial charge in [0.15, 0.2) is 11.5 Å². The van der Waals surface area contributed by atoms with E-state index in [1.165, 1.54) is 11.9 Å². The summed E-state index contributed by atoms with van der Waals surface area (Å²) in [5.41, 5.74) is 1.95. The number of nitrogens with one attached hydrogen (secondary N) is 1. The van der Waals surface area contributed by atoms with Crippen molar-refractivity contribution in [2.75, 3.05) is 33.2 Å². The first-order chi connectivity index (χ1) is 12.3. The van der Waals surface area contributed by atoms with Crippen molar-refractivity contribution in [1.82, 2.24) is 9.97 Å². The molecule has 0 fully saturated rings. The van der Waals surface area contributed by atoms with E-state index in [2.05, 4.69) is 27.4 Å². The van der Waals surface area contributed by atoms with Gasteiger partial charge in [-0.1, -0.05) is 30.3 Å². The van der Waals surface area contributed by atoms with Gasteiger partial charge in [0, 0.05) is 6.54 Å². The second-order valence-corrected chi connectivity index (χ2v) is 5.43. The highest BCUT2D eigenvalue weighted by Gasteiger charge is 2.19. The molecule has 1 N–H and O–H groups in total. The van der Waals surface area contributed by atoms with Gasteiger partial charge in [-0.3, -0.25) is 0 Å². The molecule has 25 heavy (non-hydrogen) atoms. The van der Waals surface area contributed by atoms with Gasteiger partial charge in [0.25, 0.3) is 0 Å². The second-order valence-electron chi connectivity index (χ2n) is 5.43. The minimum Gasteiger partial charge on any atom is -0.493 e. The Morgan fingerprint density at radius 3 is 2.36 bits per heavy atom. The van der Waals surface area contributed by atoms with Crippen LogP contribution in [-0.2, 0) is 6.42 Å². The van der Waals surface area contributed by atoms with Crippen molar-refractivity contribution in [3.05, 3.63) is 48.3 Å². The van der Waals surface area contributed by atoms with Crippen LogP contribution in [0.4, 0.5) is 5.82 Å². The molecule has 2 aromatic carbocycles. The van der Waals surface area contributed by atoms with Gasteiger partial charge in [0.2, 0.25) is 5.75 Å². The fraction of sp³-hybridized carbons (Fsp3) is 0.263. The number of hydrogen-bond acceptors (Lipinski definition) is 6. The standard InChI is InChI=1S/C19H21N3O3/c1-23-15-11-14-16(18(25-3)17(15)24-2)21-12-22-19(14)20-10-9-13-7-5-4-6-8-13/h4-8,11-12H,9-10H2,1-3H3,(H,20,21,22). The minimum atomic E-state index is 0.520. The molecule has 3 rings (SSSR count). The second kappa shape index (κ2) is 7.70. The third-order valence-electron chi connectivity index (χ3n) is 3.98. The topological polar surface area (TPSA) is 65.5 Å². The normalized spacial score (nSPS) is 10.5. The number of benzene rings is 2. The maximum atomic E-state index is 5.50. The Hall–Kier alpha value is -3.02. The molecule has 0 saturated carbocycles. The predicted octanol–water partition coefficient (Wildman–Crippen LogP) is 3.31. The molecule has 0 aliphatic heterocycles. The van der Waals surface area contributed by atoms with Crippen LogP contribution in [0.3, 0.4) is 0 Å². The molecule has 0 saturated heterocycles. The smallest absolute Gasteiger partial charge is 0.205 e. The van der Waals surface area contributed by atoms with Crippen molar-refractivity contribution in [2.24, 2.45) is 0 Å². The Balaban J connectivity index is 1.93. The lowest BCUT2D eigenvalue weighted by Gasteiger charge is -2.15. The molecule has 6 heteroatoms. The van der Waals surface area contributed by atoms with Crippen LogP contribution in [0.25, 0.3) is 10.9 Å². The molecule has 0 atom stereocenters. The van der Waals surface area contributed by atoms with Crippen molar-refractivity contribution in [1.29, 1.82) is 0 Å². The van der Waals surface area contributed by atoms with E-state index in [-0.39, 0.29) is 0 Å². The van der Waals surface area contributed by atoms with E-state index in [1.54, 1.807) is 21.3 Å². The third-order valence-corrected chi connectivity index (χ3v) is 3.98. The maximum Gasteiger partial charge on any atom is 0.205 e. The molecule has 0 radical (unpaired) electrons. The van der Waals surface area contributed by atoms with E-state index < -0.39 is 0 Å². The average Bonchev–Trinajstić information content (AvgIpc) is 2.67. The van der Waals surface area contributed by atoms with Crippen LogP contribution >= 0.6 is 0 Å². The van der Waals surface area contributed by atoms with Crippen LogP contribution in [0.2, 0.25) is 0 Å². The lowest BCUT2D eigenvalue weighted by atomic mass is 10.1. The summed E-state index contributed by atoms with van der Waals surface area (Å²) in [4.78, 5) is 8.72. The maximum absolute atomic E-state index is 5.50. The number of aromatic nitrogens is 2. The van der Waals surface area contributed by atoms with Crippen molar-refractivity contribution in [3.8, 4) is 17.2 Å². The fourth-order valence-corrected chi connectivity index (χ4v) is 2.77. The lowest BCUT2D eigenvalue weighted by Crippen LogP contribution is -2.07. The van der Waals surface area contributed by atoms with E-state index in [4.69, 9.17) is 14.2 Å². The van der Waals surface area contributed by atoms with E-state index in [1.807, 2.05) is 24.3 Å². The van der Waals surface area contributed by atoms with E-state index >= 15 is 0 Å². The quantitative estimate of drug-likeness (QED) is 0.712. The van der Waals surface area contributed by atoms with E-state index in [0.29, 0.717) is 22.8 Å². The Morgan fingerprint density at radius 2 is 1.68 bits per heavy atom. The van der Waals surface area contributed by atoms with Gasteiger partial charge in [-0.2, -0.15) is 0 Å². The summed E-state index contributed by atoms with van der Waals surface area (Å²) in [5, 5.41) is 4.20. The van der Waals surface area contributed by atoms with E-state index in [9.17, 15) is 0 Å². The van der Waals surface area contributed by atoms with Crippen LogP contribution < -0.4 is 19.5 Å². The molecular formula is C19H21N3O3. The van der Waals surface area contributed by atoms with Crippen LogP contribution in [0.1, 0.15) is 5.56 Å². The van der Waals surface area contributed by atoms with Crippen LogP contribution in [-0.4, -0.2) is 37.8 Å². The summed E-state index contributed by atoms with van der Waals surface area (Å²) in [7, 11) is 4.75. The van der Waals surface area contributed by atoms with E-state index in [0.717, 1.165) is 24.2 Å². The molecule has 3 aromatic rings. The van der Waals surface area contributed by atoms with Gasteiger partial charge in [-0.15, -0.1) is 0 Å². The van der Waals surface area contributed by atoms with Gasteiger partial charge in [-0.25, -0.2) is 9.97 Å². The summed E-state index contributed by atoms with van der Waals surface area (Å²) in [6.07, 6.45) is 2.42. The van der Waals surface area contributed by atoms with Crippen LogP contribution in [0, 0.1) is 0 Å². The Bertz CT molecular complexity index is 853. The molecule has 6 nitrogen and oxygen atoms in total. The van der Waals surface area contributed by atoms with Gasteiger partial charge < -0.3 is 19.5 Å². The number of methoxy groups -OCH3 is 3. The summed E-state index contributed by atoms with van der Waals surface area (Å²) in [6.45, 7) is 0.757. The van der Waals surface area contributed by atoms with Crippen molar-refractivity contribution in [2.45, 2.75) is 6.42 Å². The minimum absolute atomic E-state index is 0.520. The van der Waals surface area contributed by atoms with Crippen molar-refractivity contribution < 1.29 is 14.2 Å². The highest BCUT2D eigenvalue weighted by atomic mass is 16.5. The first-order valence-electron chi connectivity index (χ1n) is 8.00. The third kappa shape index (κ3) is 3.42. The van der Waals surface area contributed by atoms with Gasteiger partial charge in [0.1, 0.15) is 17.7 Å². The van der Waals surface area contributed by atoms with Gasteiger partial charge >= 0.3 is 0 Å². The van der Waals surface area contributed by atoms with Crippen LogP contribution in [0.15, 0.2) is 42.7 Å². The molecule has 0 spiro atoms. The zero-order chi connectivity index (χ0) is 17.6. The Morgan fingerprint density at radius 1 is 0.920 bits per heavy atom. The zero-order valence-electron chi connectivity index (χ0n) is 14.6. The molecule has 130 valence electrons. The number of nitrogens with zero attached hydrogens (tertiary/aromatic N) is 2. The summed E-state index contributed by atoms with van der Waals surface area (Å²) in [6, 6.07) is 12.2. The first-order valence-corrected chi connectivity index (χ1v) is 8.00. The zero-order valence-corrected chi connectivity index (χ0v) is 14.6. The number of hydrogen-bond donors (Lipinski definition) is 1.